The van der Waals surface area contributed by atoms with Crippen LogP contribution >= 0.6 is 11.3 Å². The Bertz CT molecular complexity index is 2190. The first-order valence-electron chi connectivity index (χ1n) is 15.5. The van der Waals surface area contributed by atoms with E-state index in [1.807, 2.05) is 103 Å². The zero-order valence-electron chi connectivity index (χ0n) is 26.3. The number of nitrogens with zero attached hydrogens (tertiary/aromatic N) is 3. The molecular formula is C39H33N3O4S. The number of fused-ring (bicyclic) bond motifs is 1. The van der Waals surface area contributed by atoms with E-state index in [1.54, 1.807) is 17.6 Å². The summed E-state index contributed by atoms with van der Waals surface area (Å²) in [5.41, 5.74) is 5.40. The van der Waals surface area contributed by atoms with Gasteiger partial charge in [0.25, 0.3) is 5.56 Å². The minimum Gasteiger partial charge on any atom is -0.489 e. The van der Waals surface area contributed by atoms with Gasteiger partial charge in [-0.2, -0.15) is 5.26 Å². The molecule has 0 radical (unpaired) electrons. The number of hydrogen-bond acceptors (Lipinski definition) is 7. The highest BCUT2D eigenvalue weighted by molar-refractivity contribution is 7.07. The van der Waals surface area contributed by atoms with Crippen LogP contribution in [0.2, 0.25) is 0 Å². The van der Waals surface area contributed by atoms with E-state index in [0.29, 0.717) is 37.8 Å². The van der Waals surface area contributed by atoms with E-state index in [1.165, 1.54) is 11.3 Å². The van der Waals surface area contributed by atoms with Crippen LogP contribution in [0, 0.1) is 11.3 Å². The van der Waals surface area contributed by atoms with Gasteiger partial charge < -0.3 is 9.47 Å². The van der Waals surface area contributed by atoms with Gasteiger partial charge >= 0.3 is 5.97 Å². The molecule has 0 N–H and O–H groups in total. The average Bonchev–Trinajstić information content (AvgIpc) is 3.41. The van der Waals surface area contributed by atoms with Gasteiger partial charge in [-0.1, -0.05) is 110 Å². The van der Waals surface area contributed by atoms with Gasteiger partial charge in [-0.15, -0.1) is 0 Å². The fourth-order valence-corrected chi connectivity index (χ4v) is 6.58. The van der Waals surface area contributed by atoms with E-state index >= 15 is 0 Å². The van der Waals surface area contributed by atoms with Crippen LogP contribution < -0.4 is 19.6 Å². The molecule has 2 heterocycles. The molecule has 0 fully saturated rings. The number of ether oxygens (including phenoxy) is 2. The Morgan fingerprint density at radius 2 is 1.74 bits per heavy atom. The van der Waals surface area contributed by atoms with Crippen molar-refractivity contribution in [3.05, 3.63) is 162 Å². The van der Waals surface area contributed by atoms with Crippen LogP contribution in [0.5, 0.6) is 5.75 Å². The number of thiazole rings is 1. The molecule has 4 aromatic carbocycles. The maximum atomic E-state index is 14.3. The van der Waals surface area contributed by atoms with Gasteiger partial charge in [0, 0.05) is 11.1 Å². The fourth-order valence-electron chi connectivity index (χ4n) is 5.58. The third-order valence-corrected chi connectivity index (χ3v) is 8.96. The quantitative estimate of drug-likeness (QED) is 0.172. The Labute approximate surface area is 277 Å². The summed E-state index contributed by atoms with van der Waals surface area (Å²) in [7, 11) is 0. The number of carbonyl (C=O) groups is 1. The minimum absolute atomic E-state index is 0.189. The summed E-state index contributed by atoms with van der Waals surface area (Å²) in [4.78, 5) is 33.4. The van der Waals surface area contributed by atoms with Crippen LogP contribution in [-0.4, -0.2) is 17.1 Å². The zero-order valence-corrected chi connectivity index (χ0v) is 27.2. The summed E-state index contributed by atoms with van der Waals surface area (Å²) in [5, 5.41) is 9.42. The molecule has 1 aromatic heterocycles. The Hall–Kier alpha value is -5.52. The first-order chi connectivity index (χ1) is 22.9. The molecule has 0 unspecified atom stereocenters. The van der Waals surface area contributed by atoms with E-state index in [-0.39, 0.29) is 18.8 Å². The zero-order chi connectivity index (χ0) is 32.9. The molecular weight excluding hydrogens is 607 g/mol. The number of rotatable bonds is 9. The van der Waals surface area contributed by atoms with Crippen LogP contribution in [0.15, 0.2) is 118 Å². The van der Waals surface area contributed by atoms with Crippen molar-refractivity contribution in [2.45, 2.75) is 39.3 Å². The summed E-state index contributed by atoms with van der Waals surface area (Å²) in [6.45, 7) is 6.45. The topological polar surface area (TPSA) is 93.7 Å². The van der Waals surface area contributed by atoms with Gasteiger partial charge in [0.15, 0.2) is 4.80 Å². The molecule has 0 bridgehead atoms. The molecule has 0 aliphatic carbocycles. The molecule has 0 saturated carbocycles. The normalized spacial score (nSPS) is 14.4. The van der Waals surface area contributed by atoms with Crippen molar-refractivity contribution in [3.8, 4) is 11.8 Å². The Morgan fingerprint density at radius 1 is 1.00 bits per heavy atom. The van der Waals surface area contributed by atoms with E-state index in [2.05, 4.69) is 19.9 Å². The molecule has 6 rings (SSSR count). The van der Waals surface area contributed by atoms with Gasteiger partial charge in [0.05, 0.1) is 40.1 Å². The molecule has 47 heavy (non-hydrogen) atoms. The van der Waals surface area contributed by atoms with Crippen molar-refractivity contribution in [2.24, 2.45) is 4.99 Å². The van der Waals surface area contributed by atoms with Crippen LogP contribution in [0.4, 0.5) is 0 Å². The summed E-state index contributed by atoms with van der Waals surface area (Å²) in [6.07, 6.45) is 1.81. The van der Waals surface area contributed by atoms with Crippen molar-refractivity contribution in [3.63, 3.8) is 0 Å². The highest BCUT2D eigenvalue weighted by atomic mass is 32.1. The average molecular weight is 640 g/mol. The van der Waals surface area contributed by atoms with E-state index in [9.17, 15) is 14.9 Å². The van der Waals surface area contributed by atoms with Crippen molar-refractivity contribution in [2.75, 3.05) is 6.61 Å². The van der Waals surface area contributed by atoms with Crippen LogP contribution in [0.3, 0.4) is 0 Å². The lowest BCUT2D eigenvalue weighted by atomic mass is 9.91. The number of nitriles is 1. The third kappa shape index (κ3) is 6.57. The van der Waals surface area contributed by atoms with Crippen LogP contribution in [0.25, 0.3) is 11.8 Å². The number of benzene rings is 4. The van der Waals surface area contributed by atoms with Gasteiger partial charge in [0.2, 0.25) is 0 Å². The van der Waals surface area contributed by atoms with E-state index in [0.717, 1.165) is 27.8 Å². The molecule has 7 nitrogen and oxygen atoms in total. The molecule has 1 aliphatic rings. The predicted octanol–water partition coefficient (Wildman–Crippen LogP) is 6.51. The Kier molecular flexibility index (Phi) is 9.28. The third-order valence-electron chi connectivity index (χ3n) is 7.98. The summed E-state index contributed by atoms with van der Waals surface area (Å²) in [6, 6.07) is 33.8. The number of esters is 1. The summed E-state index contributed by atoms with van der Waals surface area (Å²) < 4.78 is 13.7. The molecule has 0 saturated heterocycles. The molecule has 1 atom stereocenters. The van der Waals surface area contributed by atoms with Crippen molar-refractivity contribution >= 4 is 29.1 Å². The van der Waals surface area contributed by atoms with Gasteiger partial charge in [-0.05, 0) is 53.8 Å². The van der Waals surface area contributed by atoms with E-state index < -0.39 is 12.0 Å². The highest BCUT2D eigenvalue weighted by Gasteiger charge is 2.35. The second-order valence-corrected chi connectivity index (χ2v) is 12.4. The van der Waals surface area contributed by atoms with Crippen molar-refractivity contribution < 1.29 is 14.3 Å². The molecule has 8 heteroatoms. The summed E-state index contributed by atoms with van der Waals surface area (Å²) >= 11 is 1.27. The molecule has 234 valence electrons. The lowest BCUT2D eigenvalue weighted by Gasteiger charge is -2.26. The largest absolute Gasteiger partial charge is 0.489 e. The number of carbonyl (C=O) groups excluding carboxylic acids is 1. The highest BCUT2D eigenvalue weighted by Crippen LogP contribution is 2.35. The first kappa shape index (κ1) is 31.5. The standard InChI is InChI=1S/C39H33N3O4S/c1-4-45-38(44)34-35(28-12-6-5-7-13-28)41-39-42(36(34)29-19-17-27(18-20-29)25(2)3)37(43)33(47-39)22-26-11-10-16-32(21-26)46-24-31-15-9-8-14-30(31)23-40/h5-22,25,36H,4,24H2,1-3H3/b33-22-/t36-/m1/s1. The SMILES string of the molecule is CCOC(=O)C1=C(c2ccccc2)N=c2s/c(=C\c3cccc(OCc4ccccc4C#N)c3)c(=O)n2[C@@H]1c1ccc(C(C)C)cc1. The lowest BCUT2D eigenvalue weighted by Crippen LogP contribution is -2.40. The van der Waals surface area contributed by atoms with Crippen molar-refractivity contribution in [1.82, 2.24) is 4.57 Å². The Morgan fingerprint density at radius 3 is 2.47 bits per heavy atom. The summed E-state index contributed by atoms with van der Waals surface area (Å²) in [5.74, 6) is 0.426. The van der Waals surface area contributed by atoms with Gasteiger partial charge in [-0.3, -0.25) is 9.36 Å². The first-order valence-corrected chi connectivity index (χ1v) is 16.3. The number of aromatic nitrogens is 1. The molecule has 1 aliphatic heterocycles. The second kappa shape index (κ2) is 13.9. The van der Waals surface area contributed by atoms with Gasteiger partial charge in [0.1, 0.15) is 12.4 Å². The molecule has 5 aromatic rings. The lowest BCUT2D eigenvalue weighted by molar-refractivity contribution is -0.138. The Balaban J connectivity index is 1.47. The smallest absolute Gasteiger partial charge is 0.338 e. The van der Waals surface area contributed by atoms with Crippen LogP contribution in [0.1, 0.15) is 66.1 Å². The predicted molar refractivity (Wildman–Crippen MR) is 184 cm³/mol. The van der Waals surface area contributed by atoms with E-state index in [4.69, 9.17) is 14.5 Å². The van der Waals surface area contributed by atoms with Crippen molar-refractivity contribution in [1.29, 1.82) is 5.26 Å². The maximum absolute atomic E-state index is 14.3. The second-order valence-electron chi connectivity index (χ2n) is 11.4. The van der Waals surface area contributed by atoms with Gasteiger partial charge in [-0.25, -0.2) is 9.79 Å². The minimum atomic E-state index is -0.737. The molecule has 0 spiro atoms. The molecule has 0 amide bonds. The number of hydrogen-bond donors (Lipinski definition) is 0. The maximum Gasteiger partial charge on any atom is 0.338 e. The fraction of sp³-hybridized carbons (Fsp3) is 0.179. The van der Waals surface area contributed by atoms with Crippen LogP contribution in [-0.2, 0) is 16.1 Å². The monoisotopic (exact) mass is 639 g/mol.